The average molecular weight is 209 g/mol. The maximum Gasteiger partial charge on any atom is 0.283 e. The fourth-order valence-electron chi connectivity index (χ4n) is 1.04. The van der Waals surface area contributed by atoms with Gasteiger partial charge in [0.15, 0.2) is 0 Å². The maximum absolute atomic E-state index is 12.8. The molecule has 0 unspecified atom stereocenters. The molecular formula is C9H17F2NO2. The van der Waals surface area contributed by atoms with Crippen LogP contribution >= 0.6 is 0 Å². The van der Waals surface area contributed by atoms with Crippen LogP contribution in [-0.2, 0) is 9.47 Å². The lowest BCUT2D eigenvalue weighted by Gasteiger charge is -2.15. The molecule has 0 spiro atoms. The number of rotatable bonds is 8. The quantitative estimate of drug-likeness (QED) is 0.606. The number of hydrogen-bond acceptors (Lipinski definition) is 3. The van der Waals surface area contributed by atoms with E-state index in [1.807, 2.05) is 0 Å². The van der Waals surface area contributed by atoms with Gasteiger partial charge in [-0.1, -0.05) is 0 Å². The van der Waals surface area contributed by atoms with E-state index in [-0.39, 0.29) is 13.2 Å². The first-order valence-corrected chi connectivity index (χ1v) is 4.86. The van der Waals surface area contributed by atoms with E-state index in [2.05, 4.69) is 5.32 Å². The average Bonchev–Trinajstić information content (AvgIpc) is 2.87. The van der Waals surface area contributed by atoms with Gasteiger partial charge in [-0.2, -0.15) is 0 Å². The summed E-state index contributed by atoms with van der Waals surface area (Å²) in [4.78, 5) is 0. The molecule has 0 aromatic heterocycles. The van der Waals surface area contributed by atoms with Crippen molar-refractivity contribution in [3.8, 4) is 0 Å². The van der Waals surface area contributed by atoms with E-state index in [4.69, 9.17) is 9.47 Å². The summed E-state index contributed by atoms with van der Waals surface area (Å²) in [7, 11) is 1.49. The molecule has 1 N–H and O–H groups in total. The van der Waals surface area contributed by atoms with Crippen LogP contribution in [0.5, 0.6) is 0 Å². The third kappa shape index (κ3) is 5.47. The van der Waals surface area contributed by atoms with Crippen molar-refractivity contribution in [2.45, 2.75) is 24.9 Å². The molecule has 0 atom stereocenters. The largest absolute Gasteiger partial charge is 0.376 e. The standard InChI is InChI=1S/C9H17F2NO2/c1-12-6-9(10,11)7-13-4-5-14-8-2-3-8/h8,12H,2-7H2,1H3. The van der Waals surface area contributed by atoms with Crippen LogP contribution < -0.4 is 5.32 Å². The van der Waals surface area contributed by atoms with Crippen LogP contribution in [0.4, 0.5) is 8.78 Å². The van der Waals surface area contributed by atoms with Crippen molar-refractivity contribution >= 4 is 0 Å². The molecular weight excluding hydrogens is 192 g/mol. The second-order valence-electron chi connectivity index (χ2n) is 3.51. The van der Waals surface area contributed by atoms with E-state index in [1.54, 1.807) is 0 Å². The molecule has 14 heavy (non-hydrogen) atoms. The number of halogens is 2. The molecule has 0 aromatic carbocycles. The van der Waals surface area contributed by atoms with Crippen LogP contribution in [0.3, 0.4) is 0 Å². The Morgan fingerprint density at radius 3 is 2.64 bits per heavy atom. The summed E-state index contributed by atoms with van der Waals surface area (Å²) in [6.07, 6.45) is 2.54. The van der Waals surface area contributed by atoms with Crippen molar-refractivity contribution in [1.29, 1.82) is 0 Å². The Morgan fingerprint density at radius 2 is 2.07 bits per heavy atom. The van der Waals surface area contributed by atoms with Gasteiger partial charge in [0, 0.05) is 0 Å². The Hall–Kier alpha value is -0.260. The minimum atomic E-state index is -2.78. The Balaban J connectivity index is 1.90. The molecule has 1 aliphatic carbocycles. The van der Waals surface area contributed by atoms with Crippen LogP contribution in [0, 0.1) is 0 Å². The molecule has 0 bridgehead atoms. The topological polar surface area (TPSA) is 30.5 Å². The monoisotopic (exact) mass is 209 g/mol. The van der Waals surface area contributed by atoms with E-state index >= 15 is 0 Å². The summed E-state index contributed by atoms with van der Waals surface area (Å²) in [6.45, 7) is -0.228. The molecule has 0 aromatic rings. The zero-order valence-corrected chi connectivity index (χ0v) is 8.39. The first-order valence-electron chi connectivity index (χ1n) is 4.86. The Morgan fingerprint density at radius 1 is 1.36 bits per heavy atom. The highest BCUT2D eigenvalue weighted by Crippen LogP contribution is 2.23. The van der Waals surface area contributed by atoms with Crippen LogP contribution in [0.25, 0.3) is 0 Å². The van der Waals surface area contributed by atoms with Gasteiger partial charge in [-0.15, -0.1) is 0 Å². The summed E-state index contributed by atoms with van der Waals surface area (Å²) in [5, 5.41) is 2.42. The van der Waals surface area contributed by atoms with Gasteiger partial charge < -0.3 is 14.8 Å². The molecule has 84 valence electrons. The van der Waals surface area contributed by atoms with Crippen molar-refractivity contribution in [3.05, 3.63) is 0 Å². The minimum Gasteiger partial charge on any atom is -0.376 e. The lowest BCUT2D eigenvalue weighted by Crippen LogP contribution is -2.35. The van der Waals surface area contributed by atoms with Gasteiger partial charge in [-0.25, -0.2) is 8.78 Å². The first-order chi connectivity index (χ1) is 6.64. The third-order valence-corrected chi connectivity index (χ3v) is 1.85. The zero-order valence-electron chi connectivity index (χ0n) is 8.39. The predicted octanol–water partition coefficient (Wildman–Crippen LogP) is 1.04. The smallest absolute Gasteiger partial charge is 0.283 e. The van der Waals surface area contributed by atoms with Crippen LogP contribution in [0.2, 0.25) is 0 Å². The number of ether oxygens (including phenoxy) is 2. The SMILES string of the molecule is CNCC(F)(F)COCCOC1CC1. The van der Waals surface area contributed by atoms with Gasteiger partial charge in [0.2, 0.25) is 0 Å². The highest BCUT2D eigenvalue weighted by molar-refractivity contribution is 4.73. The molecule has 3 nitrogen and oxygen atoms in total. The molecule has 1 rings (SSSR count). The van der Waals surface area contributed by atoms with Crippen molar-refractivity contribution in [1.82, 2.24) is 5.32 Å². The van der Waals surface area contributed by atoms with E-state index in [0.29, 0.717) is 12.7 Å². The third-order valence-electron chi connectivity index (χ3n) is 1.85. The molecule has 5 heteroatoms. The van der Waals surface area contributed by atoms with E-state index in [1.165, 1.54) is 7.05 Å². The highest BCUT2D eigenvalue weighted by atomic mass is 19.3. The molecule has 0 aliphatic heterocycles. The molecule has 0 radical (unpaired) electrons. The van der Waals surface area contributed by atoms with Gasteiger partial charge >= 0.3 is 0 Å². The van der Waals surface area contributed by atoms with Gasteiger partial charge in [-0.3, -0.25) is 0 Å². The molecule has 1 aliphatic rings. The molecule has 1 saturated carbocycles. The van der Waals surface area contributed by atoms with Crippen LogP contribution in [0.1, 0.15) is 12.8 Å². The lowest BCUT2D eigenvalue weighted by atomic mass is 10.3. The molecule has 1 fully saturated rings. The predicted molar refractivity (Wildman–Crippen MR) is 48.7 cm³/mol. The summed E-state index contributed by atoms with van der Waals surface area (Å²) < 4.78 is 35.6. The molecule has 0 amide bonds. The van der Waals surface area contributed by atoms with Gasteiger partial charge in [0.1, 0.15) is 6.61 Å². The second kappa shape index (κ2) is 5.58. The number of nitrogens with one attached hydrogen (secondary N) is 1. The number of hydrogen-bond donors (Lipinski definition) is 1. The number of alkyl halides is 2. The summed E-state index contributed by atoms with van der Waals surface area (Å²) in [5.41, 5.74) is 0. The van der Waals surface area contributed by atoms with Crippen molar-refractivity contribution < 1.29 is 18.3 Å². The maximum atomic E-state index is 12.8. The minimum absolute atomic E-state index is 0.246. The Kier molecular flexibility index (Phi) is 4.71. The van der Waals surface area contributed by atoms with Gasteiger partial charge in [0.25, 0.3) is 5.92 Å². The molecule has 0 saturated heterocycles. The Bertz CT molecular complexity index is 163. The Labute approximate surface area is 82.8 Å². The first kappa shape index (κ1) is 11.8. The fraction of sp³-hybridized carbons (Fsp3) is 1.00. The normalized spacial score (nSPS) is 17.4. The van der Waals surface area contributed by atoms with E-state index in [9.17, 15) is 8.78 Å². The molecule has 0 heterocycles. The summed E-state index contributed by atoms with van der Waals surface area (Å²) >= 11 is 0. The zero-order chi connectivity index (χ0) is 10.4. The van der Waals surface area contributed by atoms with Crippen molar-refractivity contribution in [2.24, 2.45) is 0 Å². The van der Waals surface area contributed by atoms with E-state index in [0.717, 1.165) is 12.8 Å². The van der Waals surface area contributed by atoms with Crippen molar-refractivity contribution in [3.63, 3.8) is 0 Å². The van der Waals surface area contributed by atoms with Crippen LogP contribution in [-0.4, -0.2) is 45.4 Å². The van der Waals surface area contributed by atoms with Gasteiger partial charge in [-0.05, 0) is 19.9 Å². The van der Waals surface area contributed by atoms with Crippen LogP contribution in [0.15, 0.2) is 0 Å². The summed E-state index contributed by atoms with van der Waals surface area (Å²) in [6, 6.07) is 0. The van der Waals surface area contributed by atoms with Crippen molar-refractivity contribution in [2.75, 3.05) is 33.4 Å². The lowest BCUT2D eigenvalue weighted by molar-refractivity contribution is -0.0830. The van der Waals surface area contributed by atoms with Gasteiger partial charge in [0.05, 0.1) is 25.9 Å². The second-order valence-corrected chi connectivity index (χ2v) is 3.51. The summed E-state index contributed by atoms with van der Waals surface area (Å²) in [5.74, 6) is -2.78. The highest BCUT2D eigenvalue weighted by Gasteiger charge is 2.28. The van der Waals surface area contributed by atoms with E-state index < -0.39 is 12.5 Å². The fourth-order valence-corrected chi connectivity index (χ4v) is 1.04.